The van der Waals surface area contributed by atoms with Crippen LogP contribution in [0.25, 0.3) is 0 Å². The fourth-order valence-electron chi connectivity index (χ4n) is 5.19. The van der Waals surface area contributed by atoms with Gasteiger partial charge in [0, 0.05) is 12.0 Å². The van der Waals surface area contributed by atoms with Gasteiger partial charge in [-0.25, -0.2) is 9.68 Å². The van der Waals surface area contributed by atoms with E-state index >= 15 is 0 Å². The number of aromatic carboxylic acids is 1. The van der Waals surface area contributed by atoms with Crippen LogP contribution in [-0.4, -0.2) is 29.6 Å². The van der Waals surface area contributed by atoms with Gasteiger partial charge in [0.1, 0.15) is 0 Å². The van der Waals surface area contributed by atoms with Gasteiger partial charge in [-0.15, -0.1) is 0 Å². The largest absolute Gasteiger partial charge is 0.478 e. The van der Waals surface area contributed by atoms with E-state index in [9.17, 15) is 4.79 Å². The molecule has 6 nitrogen and oxygen atoms in total. The Morgan fingerprint density at radius 3 is 2.56 bits per heavy atom. The van der Waals surface area contributed by atoms with Crippen molar-refractivity contribution >= 4 is 5.97 Å². The highest BCUT2D eigenvalue weighted by molar-refractivity contribution is 5.87. The van der Waals surface area contributed by atoms with Crippen LogP contribution in [0.1, 0.15) is 54.4 Å². The number of rotatable bonds is 2. The Bertz CT molecular complexity index is 686. The first-order chi connectivity index (χ1) is 12.1. The Labute approximate surface area is 145 Å². The van der Waals surface area contributed by atoms with E-state index in [0.29, 0.717) is 24.9 Å². The lowest BCUT2D eigenvalue weighted by molar-refractivity contribution is -0.573. The van der Waals surface area contributed by atoms with E-state index in [1.54, 1.807) is 24.3 Å². The summed E-state index contributed by atoms with van der Waals surface area (Å²) < 4.78 is 12.4. The summed E-state index contributed by atoms with van der Waals surface area (Å²) in [5.74, 6) is -1.18. The average molecular weight is 346 g/mol. The Balaban J connectivity index is 1.53. The maximum atomic E-state index is 11.1. The highest BCUT2D eigenvalue weighted by atomic mass is 17.3. The molecule has 0 radical (unpaired) electrons. The summed E-state index contributed by atoms with van der Waals surface area (Å²) in [7, 11) is 0. The molecule has 0 amide bonds. The average Bonchev–Trinajstić information content (AvgIpc) is 2.90. The molecule has 134 valence electrons. The van der Waals surface area contributed by atoms with Gasteiger partial charge in [0.2, 0.25) is 5.79 Å². The molecule has 4 heterocycles. The van der Waals surface area contributed by atoms with Gasteiger partial charge in [-0.2, -0.15) is 4.89 Å². The summed E-state index contributed by atoms with van der Waals surface area (Å²) in [6.07, 6.45) is 5.65. The molecule has 5 aliphatic rings. The molecule has 1 unspecified atom stereocenters. The van der Waals surface area contributed by atoms with Crippen molar-refractivity contribution in [3.63, 3.8) is 0 Å². The van der Waals surface area contributed by atoms with Crippen molar-refractivity contribution in [1.82, 2.24) is 0 Å². The minimum atomic E-state index is -1.02. The molecule has 1 N–H and O–H groups in total. The van der Waals surface area contributed by atoms with Crippen molar-refractivity contribution in [1.29, 1.82) is 0 Å². The molecule has 6 rings (SSSR count). The van der Waals surface area contributed by atoms with Gasteiger partial charge < -0.3 is 14.6 Å². The summed E-state index contributed by atoms with van der Waals surface area (Å²) in [5, 5.41) is 9.11. The van der Waals surface area contributed by atoms with Crippen LogP contribution in [0.3, 0.4) is 0 Å². The van der Waals surface area contributed by atoms with Crippen LogP contribution in [0.5, 0.6) is 0 Å². The summed E-state index contributed by atoms with van der Waals surface area (Å²) in [4.78, 5) is 23.2. The van der Waals surface area contributed by atoms with E-state index in [4.69, 9.17) is 24.4 Å². The molecule has 1 aromatic carbocycles. The zero-order chi connectivity index (χ0) is 17.1. The van der Waals surface area contributed by atoms with Crippen molar-refractivity contribution < 1.29 is 29.1 Å². The van der Waals surface area contributed by atoms with Crippen molar-refractivity contribution in [2.45, 2.75) is 56.2 Å². The van der Waals surface area contributed by atoms with Crippen molar-refractivity contribution in [3.8, 4) is 0 Å². The van der Waals surface area contributed by atoms with Crippen LogP contribution in [0, 0.1) is 11.8 Å². The van der Waals surface area contributed by atoms with E-state index in [1.165, 1.54) is 6.42 Å². The second-order valence-corrected chi connectivity index (χ2v) is 7.63. The van der Waals surface area contributed by atoms with Gasteiger partial charge in [0.15, 0.2) is 11.9 Å². The zero-order valence-electron chi connectivity index (χ0n) is 14.0. The summed E-state index contributed by atoms with van der Waals surface area (Å²) in [6, 6.07) is 6.65. The molecule has 1 aromatic rings. The van der Waals surface area contributed by atoms with Crippen LogP contribution in [0.4, 0.5) is 0 Å². The van der Waals surface area contributed by atoms with Crippen molar-refractivity contribution in [3.05, 3.63) is 35.4 Å². The van der Waals surface area contributed by atoms with Crippen LogP contribution in [0.15, 0.2) is 24.3 Å². The van der Waals surface area contributed by atoms with Crippen LogP contribution in [-0.2, 0) is 25.0 Å². The van der Waals surface area contributed by atoms with Gasteiger partial charge in [-0.05, 0) is 49.7 Å². The van der Waals surface area contributed by atoms with Crippen LogP contribution < -0.4 is 0 Å². The summed E-state index contributed by atoms with van der Waals surface area (Å²) >= 11 is 0. The molecule has 6 heteroatoms. The number of ether oxygens (including phenoxy) is 2. The smallest absolute Gasteiger partial charge is 0.335 e. The number of fused-ring (bicyclic) bond motifs is 2. The maximum Gasteiger partial charge on any atom is 0.335 e. The topological polar surface area (TPSA) is 74.2 Å². The second-order valence-electron chi connectivity index (χ2n) is 7.63. The van der Waals surface area contributed by atoms with Crippen LogP contribution in [0.2, 0.25) is 0 Å². The van der Waals surface area contributed by atoms with E-state index < -0.39 is 23.6 Å². The fraction of sp³-hybridized carbons (Fsp3) is 0.632. The third-order valence-electron chi connectivity index (χ3n) is 6.50. The first kappa shape index (κ1) is 15.8. The standard InChI is InChI=1S/C19H22O6/c20-16(21)12-4-6-13(7-5-12)18-10-8-14-2-1-3-15-9-11-22-17(23-18)19(14,15)25-24-18/h4-7,14-15,17H,1-3,8-11H2,(H,20,21)/t14-,15+,17?,18-,19-/m1/s1. The number of hydrogen-bond acceptors (Lipinski definition) is 5. The lowest BCUT2D eigenvalue weighted by atomic mass is 9.65. The Morgan fingerprint density at radius 1 is 1.04 bits per heavy atom. The molecule has 4 saturated heterocycles. The molecule has 5 atom stereocenters. The predicted molar refractivity (Wildman–Crippen MR) is 85.5 cm³/mol. The van der Waals surface area contributed by atoms with Gasteiger partial charge in [0.25, 0.3) is 0 Å². The number of carbonyl (C=O) groups is 1. The van der Waals surface area contributed by atoms with E-state index in [2.05, 4.69) is 0 Å². The molecule has 1 spiro atoms. The molecule has 0 aromatic heterocycles. The maximum absolute atomic E-state index is 11.1. The SMILES string of the molecule is O=C(O)c1ccc([C@]23CC[C@H]4CCC[C@H]5CCOC(O2)[C@@]45OO3)cc1. The fourth-order valence-corrected chi connectivity index (χ4v) is 5.19. The molecule has 1 saturated carbocycles. The quantitative estimate of drug-likeness (QED) is 0.829. The van der Waals surface area contributed by atoms with Gasteiger partial charge in [0.05, 0.1) is 12.2 Å². The number of hydrogen-bond donors (Lipinski definition) is 1. The number of benzene rings is 1. The van der Waals surface area contributed by atoms with Crippen molar-refractivity contribution in [2.24, 2.45) is 11.8 Å². The number of carboxylic acid groups (broad SMARTS) is 1. The van der Waals surface area contributed by atoms with Gasteiger partial charge in [-0.3, -0.25) is 0 Å². The zero-order valence-corrected chi connectivity index (χ0v) is 14.0. The predicted octanol–water partition coefficient (Wildman–Crippen LogP) is 3.21. The molecule has 2 bridgehead atoms. The lowest BCUT2D eigenvalue weighted by Gasteiger charge is -2.56. The van der Waals surface area contributed by atoms with E-state index in [1.807, 2.05) is 0 Å². The molecule has 25 heavy (non-hydrogen) atoms. The Morgan fingerprint density at radius 2 is 1.80 bits per heavy atom. The highest BCUT2D eigenvalue weighted by Gasteiger charge is 2.66. The molecular formula is C19H22O6. The monoisotopic (exact) mass is 346 g/mol. The first-order valence-corrected chi connectivity index (χ1v) is 9.14. The second kappa shape index (κ2) is 5.51. The van der Waals surface area contributed by atoms with Gasteiger partial charge >= 0.3 is 5.97 Å². The lowest BCUT2D eigenvalue weighted by Crippen LogP contribution is -2.65. The normalized spacial score (nSPS) is 42.5. The number of carboxylic acids is 1. The van der Waals surface area contributed by atoms with Crippen LogP contribution >= 0.6 is 0 Å². The molecule has 5 fully saturated rings. The Hall–Kier alpha value is -1.47. The highest BCUT2D eigenvalue weighted by Crippen LogP contribution is 2.59. The third kappa shape index (κ3) is 2.15. The molecule has 1 aliphatic carbocycles. The minimum absolute atomic E-state index is 0.240. The van der Waals surface area contributed by atoms with Gasteiger partial charge in [-0.1, -0.05) is 18.6 Å². The van der Waals surface area contributed by atoms with E-state index in [-0.39, 0.29) is 5.56 Å². The Kier molecular flexibility index (Phi) is 3.47. The summed E-state index contributed by atoms with van der Waals surface area (Å²) in [6.45, 7) is 0.682. The molecular weight excluding hydrogens is 324 g/mol. The van der Waals surface area contributed by atoms with Crippen molar-refractivity contribution in [2.75, 3.05) is 6.61 Å². The molecule has 4 aliphatic heterocycles. The van der Waals surface area contributed by atoms with E-state index in [0.717, 1.165) is 31.2 Å². The first-order valence-electron chi connectivity index (χ1n) is 9.14. The minimum Gasteiger partial charge on any atom is -0.478 e. The summed E-state index contributed by atoms with van der Waals surface area (Å²) in [5.41, 5.74) is 0.527. The third-order valence-corrected chi connectivity index (χ3v) is 6.50.